The van der Waals surface area contributed by atoms with Gasteiger partial charge in [0.05, 0.1) is 12.2 Å². The SMILES string of the molecule is CC(O)(CNC(=O)C(=O)Nc1ccsc1)c1ccc(F)cc1. The fourth-order valence-corrected chi connectivity index (χ4v) is 2.35. The predicted octanol–water partition coefficient (Wildman–Crippen LogP) is 1.85. The van der Waals surface area contributed by atoms with Crippen LogP contribution in [0.2, 0.25) is 0 Å². The second-order valence-corrected chi connectivity index (χ2v) is 5.71. The number of rotatable bonds is 4. The summed E-state index contributed by atoms with van der Waals surface area (Å²) in [5, 5.41) is 18.6. The van der Waals surface area contributed by atoms with Crippen LogP contribution in [-0.2, 0) is 15.2 Å². The van der Waals surface area contributed by atoms with Gasteiger partial charge in [0.1, 0.15) is 11.4 Å². The highest BCUT2D eigenvalue weighted by Gasteiger charge is 2.25. The first kappa shape index (κ1) is 16.1. The predicted molar refractivity (Wildman–Crippen MR) is 81.9 cm³/mol. The van der Waals surface area contributed by atoms with Crippen molar-refractivity contribution >= 4 is 28.8 Å². The number of hydrogen-bond acceptors (Lipinski definition) is 4. The molecule has 1 unspecified atom stereocenters. The summed E-state index contributed by atoms with van der Waals surface area (Å²) >= 11 is 1.39. The molecule has 0 aliphatic carbocycles. The summed E-state index contributed by atoms with van der Waals surface area (Å²) in [6.07, 6.45) is 0. The number of nitrogens with one attached hydrogen (secondary N) is 2. The Labute approximate surface area is 130 Å². The molecule has 1 heterocycles. The van der Waals surface area contributed by atoms with E-state index in [-0.39, 0.29) is 6.54 Å². The van der Waals surface area contributed by atoms with E-state index < -0.39 is 23.2 Å². The Balaban J connectivity index is 1.91. The third-order valence-electron chi connectivity index (χ3n) is 3.04. The van der Waals surface area contributed by atoms with Crippen molar-refractivity contribution in [2.45, 2.75) is 12.5 Å². The average Bonchev–Trinajstić information content (AvgIpc) is 2.98. The number of aliphatic hydroxyl groups is 1. The zero-order valence-electron chi connectivity index (χ0n) is 11.8. The average molecular weight is 322 g/mol. The third kappa shape index (κ3) is 4.12. The molecule has 5 nitrogen and oxygen atoms in total. The molecule has 22 heavy (non-hydrogen) atoms. The molecule has 1 atom stereocenters. The Kier molecular flexibility index (Phi) is 4.89. The number of carbonyl (C=O) groups excluding carboxylic acids is 2. The Bertz CT molecular complexity index is 654. The van der Waals surface area contributed by atoms with E-state index in [1.54, 1.807) is 16.8 Å². The molecular weight excluding hydrogens is 307 g/mol. The second kappa shape index (κ2) is 6.67. The van der Waals surface area contributed by atoms with E-state index in [0.29, 0.717) is 11.3 Å². The maximum atomic E-state index is 12.9. The van der Waals surface area contributed by atoms with Gasteiger partial charge < -0.3 is 15.7 Å². The first-order valence-electron chi connectivity index (χ1n) is 6.48. The zero-order valence-corrected chi connectivity index (χ0v) is 12.6. The normalized spacial score (nSPS) is 13.2. The Morgan fingerprint density at radius 3 is 2.50 bits per heavy atom. The molecule has 116 valence electrons. The molecule has 2 rings (SSSR count). The van der Waals surface area contributed by atoms with Crippen LogP contribution in [-0.4, -0.2) is 23.5 Å². The van der Waals surface area contributed by atoms with Gasteiger partial charge >= 0.3 is 11.8 Å². The summed E-state index contributed by atoms with van der Waals surface area (Å²) < 4.78 is 12.9. The minimum Gasteiger partial charge on any atom is -0.384 e. The number of thiophene rings is 1. The van der Waals surface area contributed by atoms with Crippen LogP contribution in [0.4, 0.5) is 10.1 Å². The van der Waals surface area contributed by atoms with Crippen molar-refractivity contribution in [3.8, 4) is 0 Å². The lowest BCUT2D eigenvalue weighted by Gasteiger charge is -2.24. The number of benzene rings is 1. The van der Waals surface area contributed by atoms with Gasteiger partial charge in [-0.05, 0) is 36.1 Å². The quantitative estimate of drug-likeness (QED) is 0.752. The van der Waals surface area contributed by atoms with Crippen molar-refractivity contribution in [2.24, 2.45) is 0 Å². The van der Waals surface area contributed by atoms with E-state index in [9.17, 15) is 19.1 Å². The maximum Gasteiger partial charge on any atom is 0.313 e. The molecule has 1 aromatic carbocycles. The van der Waals surface area contributed by atoms with Crippen molar-refractivity contribution in [3.05, 3.63) is 52.5 Å². The van der Waals surface area contributed by atoms with E-state index >= 15 is 0 Å². The van der Waals surface area contributed by atoms with E-state index in [1.807, 2.05) is 0 Å². The zero-order chi connectivity index (χ0) is 16.2. The summed E-state index contributed by atoms with van der Waals surface area (Å²) in [5.74, 6) is -2.08. The third-order valence-corrected chi connectivity index (χ3v) is 3.73. The molecule has 0 saturated heterocycles. The Hall–Kier alpha value is -2.25. The van der Waals surface area contributed by atoms with Crippen LogP contribution < -0.4 is 10.6 Å². The van der Waals surface area contributed by atoms with Gasteiger partial charge in [0, 0.05) is 5.38 Å². The largest absolute Gasteiger partial charge is 0.384 e. The molecule has 7 heteroatoms. The summed E-state index contributed by atoms with van der Waals surface area (Å²) in [4.78, 5) is 23.4. The van der Waals surface area contributed by atoms with Crippen LogP contribution >= 0.6 is 11.3 Å². The van der Waals surface area contributed by atoms with Crippen molar-refractivity contribution in [1.82, 2.24) is 5.32 Å². The molecule has 0 bridgehead atoms. The van der Waals surface area contributed by atoms with Crippen LogP contribution in [0.3, 0.4) is 0 Å². The highest BCUT2D eigenvalue weighted by Crippen LogP contribution is 2.19. The molecule has 2 amide bonds. The lowest BCUT2D eigenvalue weighted by atomic mass is 9.96. The van der Waals surface area contributed by atoms with Crippen molar-refractivity contribution in [3.63, 3.8) is 0 Å². The summed E-state index contributed by atoms with van der Waals surface area (Å²) in [5.41, 5.74) is -0.436. The van der Waals surface area contributed by atoms with Crippen molar-refractivity contribution in [2.75, 3.05) is 11.9 Å². The van der Waals surface area contributed by atoms with E-state index in [1.165, 1.54) is 42.5 Å². The minimum atomic E-state index is -1.41. The fraction of sp³-hybridized carbons (Fsp3) is 0.200. The van der Waals surface area contributed by atoms with Gasteiger partial charge in [-0.25, -0.2) is 4.39 Å². The number of halogens is 1. The summed E-state index contributed by atoms with van der Waals surface area (Å²) in [6, 6.07) is 6.95. The lowest BCUT2D eigenvalue weighted by Crippen LogP contribution is -2.43. The number of hydrogen-bond donors (Lipinski definition) is 3. The van der Waals surface area contributed by atoms with Gasteiger partial charge in [-0.1, -0.05) is 12.1 Å². The van der Waals surface area contributed by atoms with E-state index in [4.69, 9.17) is 0 Å². The number of anilines is 1. The molecule has 2 aromatic rings. The Morgan fingerprint density at radius 2 is 1.91 bits per heavy atom. The van der Waals surface area contributed by atoms with Gasteiger partial charge in [-0.3, -0.25) is 9.59 Å². The molecule has 0 aliphatic heterocycles. The fourth-order valence-electron chi connectivity index (χ4n) is 1.77. The minimum absolute atomic E-state index is 0.172. The smallest absolute Gasteiger partial charge is 0.313 e. The molecule has 0 radical (unpaired) electrons. The molecule has 0 saturated carbocycles. The molecule has 0 fully saturated rings. The molecule has 1 aromatic heterocycles. The van der Waals surface area contributed by atoms with Crippen LogP contribution in [0.15, 0.2) is 41.1 Å². The molecular formula is C15H15FN2O3S. The van der Waals surface area contributed by atoms with E-state index in [2.05, 4.69) is 10.6 Å². The van der Waals surface area contributed by atoms with Crippen LogP contribution in [0, 0.1) is 5.82 Å². The van der Waals surface area contributed by atoms with E-state index in [0.717, 1.165) is 0 Å². The molecule has 0 aliphatic rings. The van der Waals surface area contributed by atoms with Crippen molar-refractivity contribution < 1.29 is 19.1 Å². The number of carbonyl (C=O) groups is 2. The first-order valence-corrected chi connectivity index (χ1v) is 7.42. The topological polar surface area (TPSA) is 78.4 Å². The first-order chi connectivity index (χ1) is 10.4. The standard InChI is InChI=1S/C15H15FN2O3S/c1-15(21,10-2-4-11(16)5-3-10)9-17-13(19)14(20)18-12-6-7-22-8-12/h2-8,21H,9H2,1H3,(H,17,19)(H,18,20). The van der Waals surface area contributed by atoms with Gasteiger partial charge in [0.15, 0.2) is 0 Å². The monoisotopic (exact) mass is 322 g/mol. The molecule has 0 spiro atoms. The van der Waals surface area contributed by atoms with Crippen LogP contribution in [0.25, 0.3) is 0 Å². The van der Waals surface area contributed by atoms with Gasteiger partial charge in [0.25, 0.3) is 0 Å². The lowest BCUT2D eigenvalue weighted by molar-refractivity contribution is -0.136. The maximum absolute atomic E-state index is 12.9. The van der Waals surface area contributed by atoms with Crippen LogP contribution in [0.5, 0.6) is 0 Å². The Morgan fingerprint density at radius 1 is 1.23 bits per heavy atom. The van der Waals surface area contributed by atoms with Gasteiger partial charge in [0.2, 0.25) is 0 Å². The highest BCUT2D eigenvalue weighted by atomic mass is 32.1. The second-order valence-electron chi connectivity index (χ2n) is 4.93. The summed E-state index contributed by atoms with van der Waals surface area (Å²) in [7, 11) is 0. The van der Waals surface area contributed by atoms with Crippen LogP contribution in [0.1, 0.15) is 12.5 Å². The summed E-state index contributed by atoms with van der Waals surface area (Å²) in [6.45, 7) is 1.30. The number of amides is 2. The van der Waals surface area contributed by atoms with Crippen molar-refractivity contribution in [1.29, 1.82) is 0 Å². The highest BCUT2D eigenvalue weighted by molar-refractivity contribution is 7.08. The van der Waals surface area contributed by atoms with Gasteiger partial charge in [-0.15, -0.1) is 0 Å². The molecule has 3 N–H and O–H groups in total. The van der Waals surface area contributed by atoms with Gasteiger partial charge in [-0.2, -0.15) is 11.3 Å².